The van der Waals surface area contributed by atoms with E-state index in [9.17, 15) is 14.4 Å². The van der Waals surface area contributed by atoms with Gasteiger partial charge in [-0.1, -0.05) is 42.0 Å². The molecule has 28 heavy (non-hydrogen) atoms. The van der Waals surface area contributed by atoms with Gasteiger partial charge in [-0.05, 0) is 37.1 Å². The summed E-state index contributed by atoms with van der Waals surface area (Å²) >= 11 is 0. The van der Waals surface area contributed by atoms with Gasteiger partial charge in [-0.25, -0.2) is 4.90 Å². The Labute approximate surface area is 162 Å². The van der Waals surface area contributed by atoms with Gasteiger partial charge in [0.25, 0.3) is 0 Å². The molecular formula is C22H19N3O3. The van der Waals surface area contributed by atoms with Crippen LogP contribution in [0.4, 0.5) is 5.69 Å². The molecule has 3 aliphatic heterocycles. The van der Waals surface area contributed by atoms with Crippen LogP contribution in [0, 0.1) is 18.8 Å². The summed E-state index contributed by atoms with van der Waals surface area (Å²) in [5, 5.41) is 6.13. The third-order valence-electron chi connectivity index (χ3n) is 6.00. The van der Waals surface area contributed by atoms with E-state index in [-0.39, 0.29) is 17.6 Å². The van der Waals surface area contributed by atoms with Gasteiger partial charge in [0.05, 0.1) is 29.8 Å². The fourth-order valence-corrected chi connectivity index (χ4v) is 4.77. The van der Waals surface area contributed by atoms with Crippen molar-refractivity contribution in [2.75, 3.05) is 4.90 Å². The highest BCUT2D eigenvalue weighted by Crippen LogP contribution is 2.52. The topological polar surface area (TPSA) is 70.0 Å². The van der Waals surface area contributed by atoms with Gasteiger partial charge < -0.3 is 0 Å². The van der Waals surface area contributed by atoms with Crippen molar-refractivity contribution in [1.29, 1.82) is 0 Å². The minimum atomic E-state index is -0.730. The molecule has 4 atom stereocenters. The molecular weight excluding hydrogens is 354 g/mol. The third-order valence-corrected chi connectivity index (χ3v) is 6.00. The van der Waals surface area contributed by atoms with Crippen molar-refractivity contribution in [3.8, 4) is 0 Å². The number of anilines is 1. The molecule has 2 amide bonds. The number of Topliss-reactive ketones (excluding diaryl/α,β-unsaturated/α-hetero) is 1. The maximum Gasteiger partial charge on any atom is 0.240 e. The lowest BCUT2D eigenvalue weighted by Gasteiger charge is -2.33. The molecule has 2 saturated heterocycles. The number of benzene rings is 2. The molecule has 0 bridgehead atoms. The molecule has 3 aliphatic rings. The van der Waals surface area contributed by atoms with Crippen LogP contribution in [0.3, 0.4) is 0 Å². The molecule has 140 valence electrons. The zero-order chi connectivity index (χ0) is 19.6. The van der Waals surface area contributed by atoms with Crippen LogP contribution in [0.15, 0.2) is 53.6 Å². The largest absolute Gasteiger partial charge is 0.298 e. The Morgan fingerprint density at radius 2 is 1.64 bits per heavy atom. The zero-order valence-corrected chi connectivity index (χ0v) is 15.6. The zero-order valence-electron chi connectivity index (χ0n) is 15.6. The molecule has 0 spiro atoms. The number of hydrogen-bond acceptors (Lipinski definition) is 5. The maximum atomic E-state index is 13.4. The number of imide groups is 1. The van der Waals surface area contributed by atoms with Crippen LogP contribution in [0.25, 0.3) is 0 Å². The molecule has 0 aromatic heterocycles. The van der Waals surface area contributed by atoms with Gasteiger partial charge in [0, 0.05) is 0 Å². The SMILES string of the molecule is CC(=O)[C@@H]1[C@@H]2C(=O)N(c3ccc(C)cc3)C(=O)[C@@H]2[C@@H]2c3ccccc3C=NN12. The number of carbonyl (C=O) groups excluding carboxylic acids is 3. The van der Waals surface area contributed by atoms with E-state index in [4.69, 9.17) is 0 Å². The van der Waals surface area contributed by atoms with E-state index in [0.29, 0.717) is 5.69 Å². The summed E-state index contributed by atoms with van der Waals surface area (Å²) in [7, 11) is 0. The lowest BCUT2D eigenvalue weighted by molar-refractivity contribution is -0.129. The second-order valence-corrected chi connectivity index (χ2v) is 7.65. The van der Waals surface area contributed by atoms with Crippen LogP contribution in [-0.4, -0.2) is 34.9 Å². The number of amides is 2. The normalized spacial score (nSPS) is 27.6. The molecule has 2 aromatic carbocycles. The van der Waals surface area contributed by atoms with Gasteiger partial charge >= 0.3 is 0 Å². The van der Waals surface area contributed by atoms with Crippen LogP contribution >= 0.6 is 0 Å². The van der Waals surface area contributed by atoms with Gasteiger partial charge in [0.1, 0.15) is 6.04 Å². The highest BCUT2D eigenvalue weighted by atomic mass is 16.2. The van der Waals surface area contributed by atoms with Crippen LogP contribution < -0.4 is 4.90 Å². The van der Waals surface area contributed by atoms with Crippen LogP contribution in [-0.2, 0) is 14.4 Å². The van der Waals surface area contributed by atoms with E-state index in [2.05, 4.69) is 5.10 Å². The van der Waals surface area contributed by atoms with E-state index >= 15 is 0 Å². The van der Waals surface area contributed by atoms with Gasteiger partial charge in [0.2, 0.25) is 11.8 Å². The second kappa shape index (κ2) is 5.86. The molecule has 0 N–H and O–H groups in total. The van der Waals surface area contributed by atoms with Crippen molar-refractivity contribution >= 4 is 29.5 Å². The van der Waals surface area contributed by atoms with Crippen molar-refractivity contribution in [2.24, 2.45) is 16.9 Å². The summed E-state index contributed by atoms with van der Waals surface area (Å²) in [5.74, 6) is -2.08. The standard InChI is InChI=1S/C22H19N3O3/c1-12-7-9-15(10-8-12)24-21(27)17-18(22(24)28)20-16-6-4-3-5-14(16)11-23-25(20)19(17)13(2)26/h3-11,17-20H,1-2H3/t17-,18+,19-,20+/m1/s1. The quantitative estimate of drug-likeness (QED) is 0.759. The highest BCUT2D eigenvalue weighted by Gasteiger charge is 2.64. The summed E-state index contributed by atoms with van der Waals surface area (Å²) in [6.45, 7) is 3.42. The van der Waals surface area contributed by atoms with Crippen molar-refractivity contribution in [3.63, 3.8) is 0 Å². The molecule has 0 unspecified atom stereocenters. The fraction of sp³-hybridized carbons (Fsp3) is 0.273. The molecule has 6 nitrogen and oxygen atoms in total. The van der Waals surface area contributed by atoms with E-state index < -0.39 is 23.9 Å². The first-order valence-corrected chi connectivity index (χ1v) is 9.35. The number of hydrazone groups is 1. The highest BCUT2D eigenvalue weighted by molar-refractivity contribution is 6.24. The number of rotatable bonds is 2. The predicted octanol–water partition coefficient (Wildman–Crippen LogP) is 2.46. The number of aryl methyl sites for hydroxylation is 1. The molecule has 2 aromatic rings. The molecule has 5 rings (SSSR count). The Hall–Kier alpha value is -3.28. The lowest BCUT2D eigenvalue weighted by Crippen LogP contribution is -2.43. The summed E-state index contributed by atoms with van der Waals surface area (Å²) < 4.78 is 0. The molecule has 0 saturated carbocycles. The summed E-state index contributed by atoms with van der Waals surface area (Å²) in [6.07, 6.45) is 1.70. The van der Waals surface area contributed by atoms with E-state index in [1.807, 2.05) is 43.3 Å². The van der Waals surface area contributed by atoms with Gasteiger partial charge in [-0.2, -0.15) is 5.10 Å². The van der Waals surface area contributed by atoms with Gasteiger partial charge in [0.15, 0.2) is 5.78 Å². The number of nitrogens with zero attached hydrogens (tertiary/aromatic N) is 3. The van der Waals surface area contributed by atoms with Gasteiger partial charge in [-0.15, -0.1) is 0 Å². The van der Waals surface area contributed by atoms with Gasteiger partial charge in [-0.3, -0.25) is 19.4 Å². The Kier molecular flexibility index (Phi) is 3.53. The van der Waals surface area contributed by atoms with E-state index in [1.54, 1.807) is 23.4 Å². The van der Waals surface area contributed by atoms with Crippen molar-refractivity contribution < 1.29 is 14.4 Å². The van der Waals surface area contributed by atoms with Crippen molar-refractivity contribution in [1.82, 2.24) is 5.01 Å². The molecule has 2 fully saturated rings. The van der Waals surface area contributed by atoms with E-state index in [0.717, 1.165) is 16.7 Å². The fourth-order valence-electron chi connectivity index (χ4n) is 4.77. The van der Waals surface area contributed by atoms with Crippen LogP contribution in [0.5, 0.6) is 0 Å². The predicted molar refractivity (Wildman–Crippen MR) is 104 cm³/mol. The average Bonchev–Trinajstić information content (AvgIpc) is 3.16. The Morgan fingerprint density at radius 1 is 0.964 bits per heavy atom. The number of carbonyl (C=O) groups is 3. The Morgan fingerprint density at radius 3 is 2.36 bits per heavy atom. The first kappa shape index (κ1) is 16.9. The van der Waals surface area contributed by atoms with Crippen molar-refractivity contribution in [2.45, 2.75) is 25.9 Å². The first-order valence-electron chi connectivity index (χ1n) is 9.35. The molecule has 0 aliphatic carbocycles. The number of hydrogen-bond donors (Lipinski definition) is 0. The monoisotopic (exact) mass is 373 g/mol. The Bertz CT molecular complexity index is 1040. The van der Waals surface area contributed by atoms with Crippen molar-refractivity contribution in [3.05, 3.63) is 65.2 Å². The summed E-state index contributed by atoms with van der Waals surface area (Å²) in [4.78, 5) is 40.5. The van der Waals surface area contributed by atoms with E-state index in [1.165, 1.54) is 11.8 Å². The smallest absolute Gasteiger partial charge is 0.240 e. The summed E-state index contributed by atoms with van der Waals surface area (Å²) in [5.41, 5.74) is 3.45. The number of ketones is 1. The summed E-state index contributed by atoms with van der Waals surface area (Å²) in [6, 6.07) is 13.9. The van der Waals surface area contributed by atoms with Crippen LogP contribution in [0.1, 0.15) is 29.7 Å². The second-order valence-electron chi connectivity index (χ2n) is 7.65. The minimum Gasteiger partial charge on any atom is -0.298 e. The first-order chi connectivity index (χ1) is 13.5. The lowest BCUT2D eigenvalue weighted by atomic mass is 9.84. The molecule has 6 heteroatoms. The Balaban J connectivity index is 1.65. The third kappa shape index (κ3) is 2.14. The molecule has 3 heterocycles. The minimum absolute atomic E-state index is 0.152. The maximum absolute atomic E-state index is 13.4. The average molecular weight is 373 g/mol. The number of fused-ring (bicyclic) bond motifs is 5. The van der Waals surface area contributed by atoms with Crippen LogP contribution in [0.2, 0.25) is 0 Å². The molecule has 0 radical (unpaired) electrons.